The van der Waals surface area contributed by atoms with E-state index >= 15 is 0 Å². The van der Waals surface area contributed by atoms with Crippen LogP contribution in [0.25, 0.3) is 10.8 Å². The summed E-state index contributed by atoms with van der Waals surface area (Å²) in [4.78, 5) is 14.2. The van der Waals surface area contributed by atoms with Crippen LogP contribution in [0.15, 0.2) is 28.1 Å². The molecule has 0 aromatic carbocycles. The molecule has 3 aromatic heterocycles. The Morgan fingerprint density at radius 3 is 2.96 bits per heavy atom. The van der Waals surface area contributed by atoms with Crippen molar-refractivity contribution in [1.82, 2.24) is 14.9 Å². The van der Waals surface area contributed by atoms with Crippen molar-refractivity contribution in [2.24, 2.45) is 0 Å². The SMILES string of the molecule is Cc1ccc(-c2nc(CN3CCCCC3c3nccs3)c(C)o2)s1. The number of hydrogen-bond donors (Lipinski definition) is 0. The van der Waals surface area contributed by atoms with Crippen molar-refractivity contribution in [3.05, 3.63) is 45.0 Å². The highest BCUT2D eigenvalue weighted by atomic mass is 32.1. The van der Waals surface area contributed by atoms with Crippen molar-refractivity contribution in [1.29, 1.82) is 0 Å². The van der Waals surface area contributed by atoms with E-state index in [0.29, 0.717) is 6.04 Å². The minimum atomic E-state index is 0.419. The molecule has 4 nitrogen and oxygen atoms in total. The Hall–Kier alpha value is -1.50. The van der Waals surface area contributed by atoms with Gasteiger partial charge in [0.05, 0.1) is 16.6 Å². The fourth-order valence-electron chi connectivity index (χ4n) is 3.28. The topological polar surface area (TPSA) is 42.2 Å². The lowest BCUT2D eigenvalue weighted by atomic mass is 10.0. The number of oxazole rings is 1. The summed E-state index contributed by atoms with van der Waals surface area (Å²) in [5.74, 6) is 1.68. The van der Waals surface area contributed by atoms with Crippen molar-refractivity contribution in [2.45, 2.75) is 45.7 Å². The van der Waals surface area contributed by atoms with E-state index < -0.39 is 0 Å². The minimum Gasteiger partial charge on any atom is -0.440 e. The third-order valence-corrected chi connectivity index (χ3v) is 6.41. The first kappa shape index (κ1) is 16.0. The Balaban J connectivity index is 1.56. The van der Waals surface area contributed by atoms with E-state index in [4.69, 9.17) is 9.40 Å². The van der Waals surface area contributed by atoms with E-state index in [1.807, 2.05) is 13.1 Å². The highest BCUT2D eigenvalue weighted by Gasteiger charge is 2.27. The van der Waals surface area contributed by atoms with Crippen LogP contribution in [0, 0.1) is 13.8 Å². The van der Waals surface area contributed by atoms with E-state index in [0.717, 1.165) is 35.3 Å². The zero-order valence-electron chi connectivity index (χ0n) is 14.0. The van der Waals surface area contributed by atoms with Gasteiger partial charge in [-0.25, -0.2) is 9.97 Å². The van der Waals surface area contributed by atoms with Gasteiger partial charge >= 0.3 is 0 Å². The second-order valence-electron chi connectivity index (χ2n) is 6.28. The molecule has 0 aliphatic carbocycles. The van der Waals surface area contributed by atoms with Gasteiger partial charge in [-0.15, -0.1) is 22.7 Å². The fraction of sp³-hybridized carbons (Fsp3) is 0.444. The number of piperidine rings is 1. The summed E-state index contributed by atoms with van der Waals surface area (Å²) in [5.41, 5.74) is 1.06. The van der Waals surface area contributed by atoms with Crippen LogP contribution in [0.3, 0.4) is 0 Å². The molecule has 3 aromatic rings. The molecule has 126 valence electrons. The van der Waals surface area contributed by atoms with Crippen LogP contribution in [0.5, 0.6) is 0 Å². The van der Waals surface area contributed by atoms with Gasteiger partial charge in [0.15, 0.2) is 0 Å². The van der Waals surface area contributed by atoms with Crippen LogP contribution in [0.4, 0.5) is 0 Å². The molecule has 1 unspecified atom stereocenters. The maximum absolute atomic E-state index is 5.94. The van der Waals surface area contributed by atoms with Crippen molar-refractivity contribution in [3.63, 3.8) is 0 Å². The maximum Gasteiger partial charge on any atom is 0.236 e. The van der Waals surface area contributed by atoms with Gasteiger partial charge in [0.1, 0.15) is 10.8 Å². The van der Waals surface area contributed by atoms with Crippen LogP contribution < -0.4 is 0 Å². The van der Waals surface area contributed by atoms with Gasteiger partial charge in [0, 0.05) is 23.0 Å². The molecule has 1 saturated heterocycles. The van der Waals surface area contributed by atoms with Gasteiger partial charge in [-0.3, -0.25) is 4.90 Å². The quantitative estimate of drug-likeness (QED) is 0.642. The number of thiophene rings is 1. The minimum absolute atomic E-state index is 0.419. The molecule has 0 amide bonds. The van der Waals surface area contributed by atoms with Crippen molar-refractivity contribution < 1.29 is 4.42 Å². The molecule has 4 rings (SSSR count). The second-order valence-corrected chi connectivity index (χ2v) is 8.50. The predicted molar refractivity (Wildman–Crippen MR) is 98.4 cm³/mol. The number of hydrogen-bond acceptors (Lipinski definition) is 6. The molecule has 24 heavy (non-hydrogen) atoms. The molecule has 1 fully saturated rings. The van der Waals surface area contributed by atoms with E-state index in [1.165, 1.54) is 29.1 Å². The highest BCUT2D eigenvalue weighted by Crippen LogP contribution is 2.34. The van der Waals surface area contributed by atoms with Crippen LogP contribution >= 0.6 is 22.7 Å². The molecule has 0 radical (unpaired) electrons. The Labute approximate surface area is 150 Å². The summed E-state index contributed by atoms with van der Waals surface area (Å²) in [6.07, 6.45) is 5.61. The van der Waals surface area contributed by atoms with Crippen LogP contribution in [0.1, 0.15) is 46.6 Å². The number of likely N-dealkylation sites (tertiary alicyclic amines) is 1. The first-order valence-electron chi connectivity index (χ1n) is 8.37. The van der Waals surface area contributed by atoms with Gasteiger partial charge in [0.25, 0.3) is 0 Å². The Kier molecular flexibility index (Phi) is 4.52. The van der Waals surface area contributed by atoms with Crippen molar-refractivity contribution in [3.8, 4) is 10.8 Å². The molecule has 0 N–H and O–H groups in total. The third-order valence-electron chi connectivity index (χ3n) is 4.55. The smallest absolute Gasteiger partial charge is 0.236 e. The van der Waals surface area contributed by atoms with Crippen LogP contribution in [0.2, 0.25) is 0 Å². The summed E-state index contributed by atoms with van der Waals surface area (Å²) in [6.45, 7) is 6.07. The molecule has 4 heterocycles. The van der Waals surface area contributed by atoms with E-state index in [-0.39, 0.29) is 0 Å². The number of aryl methyl sites for hydroxylation is 2. The van der Waals surface area contributed by atoms with Crippen LogP contribution in [-0.4, -0.2) is 21.4 Å². The van der Waals surface area contributed by atoms with Gasteiger partial charge in [-0.05, 0) is 45.4 Å². The molecule has 1 aliphatic rings. The Bertz CT molecular complexity index is 806. The average Bonchev–Trinajstić information content (AvgIpc) is 3.30. The largest absolute Gasteiger partial charge is 0.440 e. The van der Waals surface area contributed by atoms with Gasteiger partial charge in [0.2, 0.25) is 5.89 Å². The first-order chi connectivity index (χ1) is 11.7. The Morgan fingerprint density at radius 1 is 1.29 bits per heavy atom. The summed E-state index contributed by atoms with van der Waals surface area (Å²) in [6, 6.07) is 4.62. The first-order valence-corrected chi connectivity index (χ1v) is 10.1. The van der Waals surface area contributed by atoms with Gasteiger partial charge in [-0.2, -0.15) is 0 Å². The summed E-state index contributed by atoms with van der Waals surface area (Å²) in [5, 5.41) is 3.30. The van der Waals surface area contributed by atoms with E-state index in [1.54, 1.807) is 22.7 Å². The lowest BCUT2D eigenvalue weighted by Crippen LogP contribution is -2.33. The average molecular weight is 360 g/mol. The number of rotatable bonds is 4. The van der Waals surface area contributed by atoms with Crippen LogP contribution in [-0.2, 0) is 6.54 Å². The molecule has 6 heteroatoms. The fourth-order valence-corrected chi connectivity index (χ4v) is 4.88. The van der Waals surface area contributed by atoms with Crippen molar-refractivity contribution >= 4 is 22.7 Å². The van der Waals surface area contributed by atoms with Gasteiger partial charge < -0.3 is 4.42 Å². The summed E-state index contributed by atoms with van der Waals surface area (Å²) >= 11 is 3.49. The van der Waals surface area contributed by atoms with E-state index in [2.05, 4.69) is 34.3 Å². The molecule has 0 spiro atoms. The monoisotopic (exact) mass is 359 g/mol. The Morgan fingerprint density at radius 2 is 2.21 bits per heavy atom. The van der Waals surface area contributed by atoms with Crippen molar-refractivity contribution in [2.75, 3.05) is 6.54 Å². The molecular formula is C18H21N3OS2. The normalized spacial score (nSPS) is 19.0. The zero-order valence-corrected chi connectivity index (χ0v) is 15.6. The molecular weight excluding hydrogens is 338 g/mol. The lowest BCUT2D eigenvalue weighted by Gasteiger charge is -2.33. The molecule has 1 atom stereocenters. The molecule has 0 saturated carbocycles. The maximum atomic E-state index is 5.94. The number of aromatic nitrogens is 2. The molecule has 0 bridgehead atoms. The van der Waals surface area contributed by atoms with Gasteiger partial charge in [-0.1, -0.05) is 6.42 Å². The number of nitrogens with zero attached hydrogens (tertiary/aromatic N) is 3. The predicted octanol–water partition coefficient (Wildman–Crippen LogP) is 5.20. The standard InChI is InChI=1S/C18H21N3OS2/c1-12-6-7-16(24-12)17-20-14(13(2)22-17)11-21-9-4-3-5-15(21)18-19-8-10-23-18/h6-8,10,15H,3-5,9,11H2,1-2H3. The number of thiazole rings is 1. The third kappa shape index (κ3) is 3.18. The zero-order chi connectivity index (χ0) is 16.5. The summed E-state index contributed by atoms with van der Waals surface area (Å²) < 4.78 is 5.94. The highest BCUT2D eigenvalue weighted by molar-refractivity contribution is 7.15. The lowest BCUT2D eigenvalue weighted by molar-refractivity contribution is 0.138. The second kappa shape index (κ2) is 6.78. The van der Waals surface area contributed by atoms with E-state index in [9.17, 15) is 0 Å². The molecule has 1 aliphatic heterocycles. The summed E-state index contributed by atoms with van der Waals surface area (Å²) in [7, 11) is 0.